The fraction of sp³-hybridized carbons (Fsp3) is 0.647. The highest BCUT2D eigenvalue weighted by atomic mass is 16.3. The topological polar surface area (TPSA) is 35.5 Å². The minimum absolute atomic E-state index is 0.347. The molecule has 0 saturated carbocycles. The van der Waals surface area contributed by atoms with E-state index >= 15 is 0 Å². The molecular formula is C17H28N2O. The van der Waals surface area contributed by atoms with E-state index in [-0.39, 0.29) is 0 Å². The van der Waals surface area contributed by atoms with Crippen molar-refractivity contribution >= 4 is 0 Å². The average molecular weight is 276 g/mol. The third-order valence-electron chi connectivity index (χ3n) is 4.41. The van der Waals surface area contributed by atoms with E-state index in [4.69, 9.17) is 0 Å². The van der Waals surface area contributed by atoms with E-state index in [0.717, 1.165) is 18.8 Å². The minimum Gasteiger partial charge on any atom is -0.508 e. The van der Waals surface area contributed by atoms with Crippen LogP contribution >= 0.6 is 0 Å². The molecule has 3 nitrogen and oxygen atoms in total. The van der Waals surface area contributed by atoms with E-state index < -0.39 is 0 Å². The maximum absolute atomic E-state index is 9.28. The number of phenols is 1. The summed E-state index contributed by atoms with van der Waals surface area (Å²) in [5.41, 5.74) is 1.30. The lowest BCUT2D eigenvalue weighted by molar-refractivity contribution is 0.166. The molecular weight excluding hydrogens is 248 g/mol. The molecule has 1 aliphatic rings. The zero-order valence-electron chi connectivity index (χ0n) is 13.0. The maximum atomic E-state index is 9.28. The molecule has 3 atom stereocenters. The Hall–Kier alpha value is -1.06. The number of nitrogens with zero attached hydrogens (tertiary/aromatic N) is 1. The first kappa shape index (κ1) is 15.3. The Morgan fingerprint density at radius 1 is 1.35 bits per heavy atom. The lowest BCUT2D eigenvalue weighted by atomic mass is 9.93. The Bertz CT molecular complexity index is 404. The molecule has 1 aliphatic heterocycles. The molecule has 0 bridgehead atoms. The number of piperidine rings is 1. The van der Waals surface area contributed by atoms with E-state index in [1.165, 1.54) is 25.1 Å². The molecule has 112 valence electrons. The predicted octanol–water partition coefficient (Wildman–Crippen LogP) is 2.64. The van der Waals surface area contributed by atoms with Gasteiger partial charge in [0.05, 0.1) is 0 Å². The van der Waals surface area contributed by atoms with Gasteiger partial charge in [0.15, 0.2) is 0 Å². The maximum Gasteiger partial charge on any atom is 0.115 e. The number of benzene rings is 1. The molecule has 0 aromatic heterocycles. The number of aromatic hydroxyl groups is 1. The number of aryl methyl sites for hydroxylation is 1. The SMILES string of the molecule is CC(CCc1ccc(O)cc1)NC1CCN(C)CC1C. The van der Waals surface area contributed by atoms with Crippen LogP contribution in [0.25, 0.3) is 0 Å². The summed E-state index contributed by atoms with van der Waals surface area (Å²) in [7, 11) is 2.21. The highest BCUT2D eigenvalue weighted by Crippen LogP contribution is 2.17. The second-order valence-corrected chi connectivity index (χ2v) is 6.41. The molecule has 1 saturated heterocycles. The van der Waals surface area contributed by atoms with Crippen molar-refractivity contribution in [2.45, 2.75) is 45.2 Å². The molecule has 2 rings (SSSR count). The zero-order chi connectivity index (χ0) is 14.5. The Labute approximate surface area is 123 Å². The van der Waals surface area contributed by atoms with E-state index in [1.807, 2.05) is 12.1 Å². The Kier molecular flexibility index (Phi) is 5.44. The second-order valence-electron chi connectivity index (χ2n) is 6.41. The average Bonchev–Trinajstić information content (AvgIpc) is 2.41. The van der Waals surface area contributed by atoms with Crippen molar-refractivity contribution in [1.29, 1.82) is 0 Å². The van der Waals surface area contributed by atoms with Crippen molar-refractivity contribution in [3.63, 3.8) is 0 Å². The van der Waals surface area contributed by atoms with Gasteiger partial charge in [-0.2, -0.15) is 0 Å². The summed E-state index contributed by atoms with van der Waals surface area (Å²) in [6.07, 6.45) is 3.46. The first-order chi connectivity index (χ1) is 9.54. The van der Waals surface area contributed by atoms with Gasteiger partial charge in [-0.05, 0) is 63.4 Å². The summed E-state index contributed by atoms with van der Waals surface area (Å²) in [6, 6.07) is 8.76. The van der Waals surface area contributed by atoms with Crippen LogP contribution < -0.4 is 5.32 Å². The van der Waals surface area contributed by atoms with Crippen LogP contribution in [-0.4, -0.2) is 42.2 Å². The van der Waals surface area contributed by atoms with Crippen LogP contribution in [0, 0.1) is 5.92 Å². The molecule has 20 heavy (non-hydrogen) atoms. The molecule has 1 aromatic rings. The Morgan fingerprint density at radius 2 is 2.05 bits per heavy atom. The fourth-order valence-electron chi connectivity index (χ4n) is 3.10. The smallest absolute Gasteiger partial charge is 0.115 e. The summed E-state index contributed by atoms with van der Waals surface area (Å²) in [6.45, 7) is 7.03. The van der Waals surface area contributed by atoms with Gasteiger partial charge >= 0.3 is 0 Å². The van der Waals surface area contributed by atoms with Crippen LogP contribution in [0.1, 0.15) is 32.3 Å². The number of nitrogens with one attached hydrogen (secondary N) is 1. The lowest BCUT2D eigenvalue weighted by Gasteiger charge is -2.37. The van der Waals surface area contributed by atoms with Gasteiger partial charge in [0.1, 0.15) is 5.75 Å². The van der Waals surface area contributed by atoms with Gasteiger partial charge in [-0.25, -0.2) is 0 Å². The molecule has 1 aromatic carbocycles. The van der Waals surface area contributed by atoms with Crippen LogP contribution in [0.3, 0.4) is 0 Å². The van der Waals surface area contributed by atoms with Gasteiger partial charge in [-0.15, -0.1) is 0 Å². The van der Waals surface area contributed by atoms with Gasteiger partial charge in [-0.1, -0.05) is 19.1 Å². The summed E-state index contributed by atoms with van der Waals surface area (Å²) >= 11 is 0. The van der Waals surface area contributed by atoms with Crippen molar-refractivity contribution in [2.75, 3.05) is 20.1 Å². The van der Waals surface area contributed by atoms with Crippen LogP contribution in [0.15, 0.2) is 24.3 Å². The number of likely N-dealkylation sites (tertiary alicyclic amines) is 1. The standard InChI is InChI=1S/C17H28N2O/c1-13-12-19(3)11-10-17(13)18-14(2)4-5-15-6-8-16(20)9-7-15/h6-9,13-14,17-18,20H,4-5,10-12H2,1-3H3. The molecule has 0 aliphatic carbocycles. The van der Waals surface area contributed by atoms with Gasteiger partial charge in [0.25, 0.3) is 0 Å². The Balaban J connectivity index is 1.75. The van der Waals surface area contributed by atoms with Crippen molar-refractivity contribution in [1.82, 2.24) is 10.2 Å². The van der Waals surface area contributed by atoms with Crippen molar-refractivity contribution in [3.8, 4) is 5.75 Å². The fourth-order valence-corrected chi connectivity index (χ4v) is 3.10. The molecule has 1 fully saturated rings. The molecule has 1 heterocycles. The van der Waals surface area contributed by atoms with E-state index in [2.05, 4.69) is 31.1 Å². The van der Waals surface area contributed by atoms with E-state index in [0.29, 0.717) is 17.8 Å². The number of phenolic OH excluding ortho intramolecular Hbond substituents is 1. The number of hydrogen-bond donors (Lipinski definition) is 2. The van der Waals surface area contributed by atoms with Crippen LogP contribution in [-0.2, 0) is 6.42 Å². The summed E-state index contributed by atoms with van der Waals surface area (Å²) in [5, 5.41) is 13.1. The quantitative estimate of drug-likeness (QED) is 0.868. The first-order valence-corrected chi connectivity index (χ1v) is 7.77. The third kappa shape index (κ3) is 4.50. The minimum atomic E-state index is 0.347. The normalized spacial score (nSPS) is 25.6. The molecule has 2 N–H and O–H groups in total. The van der Waals surface area contributed by atoms with Crippen LogP contribution in [0.5, 0.6) is 5.75 Å². The predicted molar refractivity (Wildman–Crippen MR) is 84.1 cm³/mol. The highest BCUT2D eigenvalue weighted by Gasteiger charge is 2.24. The molecule has 0 spiro atoms. The molecule has 0 radical (unpaired) electrons. The van der Waals surface area contributed by atoms with Gasteiger partial charge in [0, 0.05) is 18.6 Å². The van der Waals surface area contributed by atoms with Gasteiger partial charge in [0.2, 0.25) is 0 Å². The summed E-state index contributed by atoms with van der Waals surface area (Å²) < 4.78 is 0. The molecule has 3 heteroatoms. The molecule has 3 unspecified atom stereocenters. The van der Waals surface area contributed by atoms with Gasteiger partial charge < -0.3 is 15.3 Å². The van der Waals surface area contributed by atoms with Crippen LogP contribution in [0.2, 0.25) is 0 Å². The number of hydrogen-bond acceptors (Lipinski definition) is 3. The van der Waals surface area contributed by atoms with Gasteiger partial charge in [-0.3, -0.25) is 0 Å². The Morgan fingerprint density at radius 3 is 2.70 bits per heavy atom. The summed E-state index contributed by atoms with van der Waals surface area (Å²) in [4.78, 5) is 2.42. The zero-order valence-corrected chi connectivity index (χ0v) is 13.0. The van der Waals surface area contributed by atoms with Crippen molar-refractivity contribution < 1.29 is 5.11 Å². The molecule has 0 amide bonds. The van der Waals surface area contributed by atoms with Crippen molar-refractivity contribution in [2.24, 2.45) is 5.92 Å². The number of rotatable bonds is 5. The van der Waals surface area contributed by atoms with Crippen LogP contribution in [0.4, 0.5) is 0 Å². The third-order valence-corrected chi connectivity index (χ3v) is 4.41. The first-order valence-electron chi connectivity index (χ1n) is 7.77. The lowest BCUT2D eigenvalue weighted by Crippen LogP contribution is -2.49. The second kappa shape index (κ2) is 7.09. The monoisotopic (exact) mass is 276 g/mol. The highest BCUT2D eigenvalue weighted by molar-refractivity contribution is 5.25. The van der Waals surface area contributed by atoms with Crippen molar-refractivity contribution in [3.05, 3.63) is 29.8 Å². The largest absolute Gasteiger partial charge is 0.508 e. The van der Waals surface area contributed by atoms with E-state index in [1.54, 1.807) is 12.1 Å². The van der Waals surface area contributed by atoms with E-state index in [9.17, 15) is 5.11 Å². The summed E-state index contributed by atoms with van der Waals surface area (Å²) in [5.74, 6) is 1.07.